The van der Waals surface area contributed by atoms with Crippen LogP contribution in [0.2, 0.25) is 0 Å². The van der Waals surface area contributed by atoms with Gasteiger partial charge in [0.1, 0.15) is 17.9 Å². The van der Waals surface area contributed by atoms with Gasteiger partial charge < -0.3 is 20.3 Å². The largest absolute Gasteiger partial charge is 0.364 e. The number of rotatable bonds is 3. The molecule has 2 unspecified atom stereocenters. The number of carbonyl (C=O) groups excluding carboxylic acids is 1. The number of anilines is 1. The number of pyridine rings is 1. The molecule has 0 spiro atoms. The Labute approximate surface area is 155 Å². The average Bonchev–Trinajstić information content (AvgIpc) is 3.30. The number of carbonyl (C=O) groups is 1. The van der Waals surface area contributed by atoms with Crippen LogP contribution in [0.1, 0.15) is 12.6 Å². The summed E-state index contributed by atoms with van der Waals surface area (Å²) in [6.07, 6.45) is -0.311. The summed E-state index contributed by atoms with van der Waals surface area (Å²) in [5.41, 5.74) is 2.12. The Morgan fingerprint density at radius 1 is 1.41 bits per heavy atom. The first kappa shape index (κ1) is 17.7. The van der Waals surface area contributed by atoms with Gasteiger partial charge in [0, 0.05) is 19.6 Å². The van der Waals surface area contributed by atoms with Crippen LogP contribution in [0.4, 0.5) is 10.1 Å². The molecule has 0 aromatic carbocycles. The molecule has 0 aliphatic carbocycles. The molecule has 4 rings (SSSR count). The molecule has 4 atom stereocenters. The van der Waals surface area contributed by atoms with E-state index < -0.39 is 18.3 Å². The van der Waals surface area contributed by atoms with Gasteiger partial charge in [-0.15, -0.1) is 0 Å². The van der Waals surface area contributed by atoms with Gasteiger partial charge in [-0.25, -0.2) is 8.91 Å². The maximum atomic E-state index is 13.8. The molecule has 2 aromatic heterocycles. The number of hydrogen-bond acceptors (Lipinski definition) is 6. The zero-order valence-corrected chi connectivity index (χ0v) is 14.9. The first-order valence-corrected chi connectivity index (χ1v) is 8.99. The van der Waals surface area contributed by atoms with E-state index >= 15 is 0 Å². The Balaban J connectivity index is 1.55. The number of nitriles is 1. The third-order valence-corrected chi connectivity index (χ3v) is 5.01. The van der Waals surface area contributed by atoms with Crippen LogP contribution in [0.15, 0.2) is 24.4 Å². The van der Waals surface area contributed by atoms with Gasteiger partial charge in [0.25, 0.3) is 5.91 Å². The summed E-state index contributed by atoms with van der Waals surface area (Å²) in [4.78, 5) is 14.7. The second kappa shape index (κ2) is 7.13. The predicted molar refractivity (Wildman–Crippen MR) is 96.2 cm³/mol. The molecule has 0 saturated carbocycles. The second-order valence-electron chi connectivity index (χ2n) is 6.97. The second-order valence-corrected chi connectivity index (χ2v) is 6.97. The number of nitrogens with one attached hydrogen (secondary N) is 2. The number of nitrogens with zero attached hydrogens (tertiary/aromatic N) is 4. The Bertz CT molecular complexity index is 894. The normalized spacial score (nSPS) is 28.3. The van der Waals surface area contributed by atoms with Crippen LogP contribution >= 0.6 is 0 Å². The molecule has 9 heteroatoms. The molecule has 1 amide bonds. The minimum absolute atomic E-state index is 0.170. The number of aromatic nitrogens is 2. The molecular weight excluding hydrogens is 351 g/mol. The zero-order chi connectivity index (χ0) is 19.0. The van der Waals surface area contributed by atoms with Gasteiger partial charge in [0.15, 0.2) is 6.10 Å². The van der Waals surface area contributed by atoms with E-state index in [1.165, 1.54) is 0 Å². The fraction of sp³-hybridized carbons (Fsp3) is 0.500. The third kappa shape index (κ3) is 3.34. The molecule has 142 valence electrons. The lowest BCUT2D eigenvalue weighted by atomic mass is 10.1. The van der Waals surface area contributed by atoms with Crippen LogP contribution < -0.4 is 15.5 Å². The summed E-state index contributed by atoms with van der Waals surface area (Å²) >= 11 is 0. The molecule has 27 heavy (non-hydrogen) atoms. The molecule has 2 N–H and O–H groups in total. The van der Waals surface area contributed by atoms with E-state index in [1.807, 2.05) is 19.1 Å². The fourth-order valence-electron chi connectivity index (χ4n) is 3.71. The minimum atomic E-state index is -1.09. The molecule has 8 nitrogen and oxygen atoms in total. The third-order valence-electron chi connectivity index (χ3n) is 5.01. The van der Waals surface area contributed by atoms with Crippen molar-refractivity contribution in [2.24, 2.45) is 0 Å². The number of hydrogen-bond donors (Lipinski definition) is 2. The monoisotopic (exact) mass is 372 g/mol. The Hall–Kier alpha value is -2.70. The van der Waals surface area contributed by atoms with Crippen molar-refractivity contribution in [2.45, 2.75) is 31.3 Å². The lowest BCUT2D eigenvalue weighted by molar-refractivity contribution is -0.138. The molecule has 2 saturated heterocycles. The van der Waals surface area contributed by atoms with Crippen LogP contribution in [0.3, 0.4) is 0 Å². The maximum Gasteiger partial charge on any atom is 0.251 e. The fourth-order valence-corrected chi connectivity index (χ4v) is 3.71. The number of fused-ring (bicyclic) bond motifs is 1. The van der Waals surface area contributed by atoms with Gasteiger partial charge in [-0.3, -0.25) is 4.79 Å². The maximum absolute atomic E-state index is 13.8. The van der Waals surface area contributed by atoms with Crippen LogP contribution in [-0.2, 0) is 9.53 Å². The van der Waals surface area contributed by atoms with Gasteiger partial charge in [-0.2, -0.15) is 10.4 Å². The summed E-state index contributed by atoms with van der Waals surface area (Å²) < 4.78 is 21.2. The van der Waals surface area contributed by atoms with E-state index in [9.17, 15) is 14.4 Å². The highest BCUT2D eigenvalue weighted by Gasteiger charge is 2.35. The van der Waals surface area contributed by atoms with Crippen molar-refractivity contribution >= 4 is 17.1 Å². The molecule has 4 heterocycles. The molecule has 0 bridgehead atoms. The summed E-state index contributed by atoms with van der Waals surface area (Å²) in [5, 5.41) is 19.1. The van der Waals surface area contributed by atoms with E-state index in [2.05, 4.69) is 26.7 Å². The molecular formula is C18H21FN6O2. The molecule has 2 fully saturated rings. The quantitative estimate of drug-likeness (QED) is 0.801. The van der Waals surface area contributed by atoms with Crippen LogP contribution in [0.25, 0.3) is 5.52 Å². The summed E-state index contributed by atoms with van der Waals surface area (Å²) in [6, 6.07) is 7.00. The molecule has 0 radical (unpaired) electrons. The zero-order valence-electron chi connectivity index (χ0n) is 14.9. The predicted octanol–water partition coefficient (Wildman–Crippen LogP) is 0.226. The van der Waals surface area contributed by atoms with Gasteiger partial charge in [-0.05, 0) is 25.1 Å². The first-order chi connectivity index (χ1) is 13.1. The molecule has 2 aromatic rings. The lowest BCUT2D eigenvalue weighted by Crippen LogP contribution is -2.55. The van der Waals surface area contributed by atoms with Crippen molar-refractivity contribution in [2.75, 3.05) is 31.1 Å². The van der Waals surface area contributed by atoms with Crippen LogP contribution in [0, 0.1) is 11.3 Å². The highest BCUT2D eigenvalue weighted by molar-refractivity contribution is 5.83. The van der Waals surface area contributed by atoms with Gasteiger partial charge in [0.2, 0.25) is 0 Å². The summed E-state index contributed by atoms with van der Waals surface area (Å²) in [5.74, 6) is -0.305. The topological polar surface area (TPSA) is 94.7 Å². The Kier molecular flexibility index (Phi) is 4.68. The first-order valence-electron chi connectivity index (χ1n) is 8.99. The van der Waals surface area contributed by atoms with E-state index in [-0.39, 0.29) is 18.6 Å². The van der Waals surface area contributed by atoms with E-state index in [0.29, 0.717) is 25.3 Å². The highest BCUT2D eigenvalue weighted by Crippen LogP contribution is 2.26. The number of alkyl halides is 1. The standard InChI is InChI=1S/C18H21FN6O2/c1-11-9-24(15-3-2-12(6-20)25-16(15)4-5-22-25)10-17(27-11)18(26)23-14-8-21-7-13(14)19/h2-5,11,13-14,17,21H,7-10H2,1H3,(H,23,26)/t11-,13?,14?,17-/m1/s1. The van der Waals surface area contributed by atoms with Crippen molar-refractivity contribution in [3.05, 3.63) is 30.1 Å². The van der Waals surface area contributed by atoms with E-state index in [0.717, 1.165) is 11.2 Å². The van der Waals surface area contributed by atoms with Crippen LogP contribution in [0.5, 0.6) is 0 Å². The number of morpholine rings is 1. The Morgan fingerprint density at radius 3 is 3.00 bits per heavy atom. The minimum Gasteiger partial charge on any atom is -0.364 e. The number of halogens is 1. The van der Waals surface area contributed by atoms with Gasteiger partial charge >= 0.3 is 0 Å². The van der Waals surface area contributed by atoms with Crippen molar-refractivity contribution < 1.29 is 13.9 Å². The average molecular weight is 372 g/mol. The van der Waals surface area contributed by atoms with Gasteiger partial charge in [-0.1, -0.05) is 0 Å². The van der Waals surface area contributed by atoms with E-state index in [4.69, 9.17) is 4.74 Å². The summed E-state index contributed by atoms with van der Waals surface area (Å²) in [7, 11) is 0. The van der Waals surface area contributed by atoms with Crippen molar-refractivity contribution in [1.29, 1.82) is 5.26 Å². The summed E-state index contributed by atoms with van der Waals surface area (Å²) in [6.45, 7) is 3.53. The van der Waals surface area contributed by atoms with Crippen molar-refractivity contribution in [3.8, 4) is 6.07 Å². The van der Waals surface area contributed by atoms with E-state index in [1.54, 1.807) is 16.8 Å². The SMILES string of the molecule is C[C@@H]1CN(c2ccc(C#N)n3nccc23)C[C@H](C(=O)NC2CNCC2F)O1. The number of ether oxygens (including phenoxy) is 1. The van der Waals surface area contributed by atoms with Gasteiger partial charge in [0.05, 0.1) is 36.1 Å². The lowest BCUT2D eigenvalue weighted by Gasteiger charge is -2.38. The Morgan fingerprint density at radius 2 is 2.26 bits per heavy atom. The smallest absolute Gasteiger partial charge is 0.251 e. The number of amides is 1. The van der Waals surface area contributed by atoms with Crippen molar-refractivity contribution in [3.63, 3.8) is 0 Å². The highest BCUT2D eigenvalue weighted by atomic mass is 19.1. The molecule has 2 aliphatic rings. The van der Waals surface area contributed by atoms with Crippen molar-refractivity contribution in [1.82, 2.24) is 20.2 Å². The molecule has 2 aliphatic heterocycles. The van der Waals surface area contributed by atoms with Crippen LogP contribution in [-0.4, -0.2) is 66.1 Å².